The van der Waals surface area contributed by atoms with Crippen LogP contribution in [0.1, 0.15) is 17.7 Å². The lowest BCUT2D eigenvalue weighted by atomic mass is 9.98. The summed E-state index contributed by atoms with van der Waals surface area (Å²) in [5.74, 6) is 1.41. The van der Waals surface area contributed by atoms with Crippen LogP contribution in [-0.4, -0.2) is 42.2 Å². The fraction of sp³-hybridized carbons (Fsp3) is 0.269. The van der Waals surface area contributed by atoms with E-state index in [1.165, 1.54) is 17.2 Å². The van der Waals surface area contributed by atoms with E-state index in [1.807, 2.05) is 31.2 Å². The number of benzene rings is 2. The van der Waals surface area contributed by atoms with Gasteiger partial charge in [-0.05, 0) is 72.3 Å². The summed E-state index contributed by atoms with van der Waals surface area (Å²) in [6.07, 6.45) is 3.19. The Balaban J connectivity index is 1.17. The highest BCUT2D eigenvalue weighted by molar-refractivity contribution is 7.17. The molecule has 2 aromatic heterocycles. The Morgan fingerprint density at radius 3 is 2.97 bits per heavy atom. The fourth-order valence-corrected chi connectivity index (χ4v) is 5.59. The number of ether oxygens (including phenoxy) is 2. The minimum absolute atomic E-state index is 0.0274. The van der Waals surface area contributed by atoms with Gasteiger partial charge in [0, 0.05) is 40.8 Å². The number of aromatic nitrogens is 1. The predicted octanol–water partition coefficient (Wildman–Crippen LogP) is 5.83. The maximum Gasteiger partial charge on any atom is 0.171 e. The molecule has 4 nitrogen and oxygen atoms in total. The third-order valence-corrected chi connectivity index (χ3v) is 7.23. The first-order valence-corrected chi connectivity index (χ1v) is 11.8. The molecule has 0 bridgehead atoms. The number of fused-ring (bicyclic) bond motifs is 4. The van der Waals surface area contributed by atoms with Gasteiger partial charge in [-0.1, -0.05) is 6.08 Å². The van der Waals surface area contributed by atoms with E-state index in [4.69, 9.17) is 9.47 Å². The first-order valence-electron chi connectivity index (χ1n) is 10.9. The van der Waals surface area contributed by atoms with Crippen molar-refractivity contribution >= 4 is 37.9 Å². The molecule has 0 saturated heterocycles. The summed E-state index contributed by atoms with van der Waals surface area (Å²) >= 11 is 1.68. The maximum absolute atomic E-state index is 13.8. The molecule has 4 aromatic rings. The summed E-state index contributed by atoms with van der Waals surface area (Å²) in [5.41, 5.74) is 4.39. The molecule has 6 heteroatoms. The van der Waals surface area contributed by atoms with Crippen molar-refractivity contribution in [1.29, 1.82) is 0 Å². The van der Waals surface area contributed by atoms with Crippen LogP contribution in [-0.2, 0) is 0 Å². The van der Waals surface area contributed by atoms with Gasteiger partial charge in [0.2, 0.25) is 0 Å². The molecule has 2 aliphatic rings. The van der Waals surface area contributed by atoms with Crippen LogP contribution < -0.4 is 9.47 Å². The van der Waals surface area contributed by atoms with Gasteiger partial charge in [-0.25, -0.2) is 4.39 Å². The number of pyridine rings is 1. The van der Waals surface area contributed by atoms with Gasteiger partial charge in [0.1, 0.15) is 18.5 Å². The third kappa shape index (κ3) is 3.53. The van der Waals surface area contributed by atoms with Crippen LogP contribution >= 0.6 is 11.3 Å². The first kappa shape index (κ1) is 19.7. The lowest BCUT2D eigenvalue weighted by molar-refractivity contribution is 0.0632. The van der Waals surface area contributed by atoms with Crippen LogP contribution in [0.5, 0.6) is 11.5 Å². The van der Waals surface area contributed by atoms with Crippen LogP contribution in [0.2, 0.25) is 0 Å². The zero-order chi connectivity index (χ0) is 21.7. The lowest BCUT2D eigenvalue weighted by Gasteiger charge is -2.33. The summed E-state index contributed by atoms with van der Waals surface area (Å²) < 4.78 is 27.3. The number of aryl methyl sites for hydroxylation is 1. The van der Waals surface area contributed by atoms with Crippen LogP contribution in [0, 0.1) is 12.7 Å². The van der Waals surface area contributed by atoms with Crippen LogP contribution in [0.3, 0.4) is 0 Å². The zero-order valence-electron chi connectivity index (χ0n) is 17.8. The molecule has 0 aliphatic carbocycles. The summed E-state index contributed by atoms with van der Waals surface area (Å²) in [5, 5.41) is 4.17. The molecule has 1 atom stereocenters. The molecule has 4 heterocycles. The highest BCUT2D eigenvalue weighted by Gasteiger charge is 2.26. The second-order valence-electron chi connectivity index (χ2n) is 8.49. The number of thiophene rings is 1. The predicted molar refractivity (Wildman–Crippen MR) is 127 cm³/mol. The molecular formula is C26H23FN2O2S. The van der Waals surface area contributed by atoms with Crippen molar-refractivity contribution < 1.29 is 13.9 Å². The van der Waals surface area contributed by atoms with Gasteiger partial charge in [0.25, 0.3) is 0 Å². The normalized spacial score (nSPS) is 18.8. The molecule has 162 valence electrons. The Bertz CT molecular complexity index is 1360. The van der Waals surface area contributed by atoms with Crippen molar-refractivity contribution in [2.24, 2.45) is 0 Å². The van der Waals surface area contributed by atoms with Crippen LogP contribution in [0.25, 0.3) is 26.6 Å². The smallest absolute Gasteiger partial charge is 0.171 e. The SMILES string of the molecule is Cc1ccc2c3c(ccc2n1)OCC(CN1CC=C(c2csc4ccc(F)cc24)CC1)O3. The molecular weight excluding hydrogens is 423 g/mol. The van der Waals surface area contributed by atoms with Crippen molar-refractivity contribution in [2.75, 3.05) is 26.2 Å². The van der Waals surface area contributed by atoms with Crippen molar-refractivity contribution in [2.45, 2.75) is 19.4 Å². The second-order valence-corrected chi connectivity index (χ2v) is 9.40. The molecule has 2 aromatic carbocycles. The van der Waals surface area contributed by atoms with Gasteiger partial charge < -0.3 is 9.47 Å². The Labute approximate surface area is 189 Å². The largest absolute Gasteiger partial charge is 0.486 e. The summed E-state index contributed by atoms with van der Waals surface area (Å²) in [7, 11) is 0. The number of halogens is 1. The molecule has 2 aliphatic heterocycles. The average Bonchev–Trinajstić information content (AvgIpc) is 3.22. The van der Waals surface area contributed by atoms with Gasteiger partial charge in [-0.2, -0.15) is 0 Å². The molecule has 0 fully saturated rings. The first-order chi connectivity index (χ1) is 15.6. The third-order valence-electron chi connectivity index (χ3n) is 6.27. The Kier molecular flexibility index (Phi) is 4.85. The Morgan fingerprint density at radius 2 is 2.09 bits per heavy atom. The maximum atomic E-state index is 13.8. The minimum atomic E-state index is -0.178. The van der Waals surface area contributed by atoms with Gasteiger partial charge in [0.05, 0.1) is 5.52 Å². The number of rotatable bonds is 3. The summed E-state index contributed by atoms with van der Waals surface area (Å²) in [6.45, 7) is 5.14. The summed E-state index contributed by atoms with van der Waals surface area (Å²) in [6, 6.07) is 13.1. The average molecular weight is 447 g/mol. The molecule has 6 rings (SSSR count). The minimum Gasteiger partial charge on any atom is -0.486 e. The monoisotopic (exact) mass is 446 g/mol. The van der Waals surface area contributed by atoms with E-state index in [-0.39, 0.29) is 11.9 Å². The molecule has 1 unspecified atom stereocenters. The molecule has 0 spiro atoms. The molecule has 0 radical (unpaired) electrons. The van der Waals surface area contributed by atoms with Gasteiger partial charge in [-0.15, -0.1) is 11.3 Å². The van der Waals surface area contributed by atoms with E-state index in [0.717, 1.165) is 64.2 Å². The number of hydrogen-bond donors (Lipinski definition) is 0. The van der Waals surface area contributed by atoms with Crippen molar-refractivity contribution in [3.63, 3.8) is 0 Å². The van der Waals surface area contributed by atoms with E-state index < -0.39 is 0 Å². The topological polar surface area (TPSA) is 34.6 Å². The van der Waals surface area contributed by atoms with Gasteiger partial charge >= 0.3 is 0 Å². The number of nitrogens with zero attached hydrogens (tertiary/aromatic N) is 2. The van der Waals surface area contributed by atoms with E-state index in [1.54, 1.807) is 17.4 Å². The molecule has 0 N–H and O–H groups in total. The standard InChI is InChI=1S/C26H23FN2O2S/c1-16-2-4-20-23(28-16)5-6-24-26(20)31-19(14-30-24)13-29-10-8-17(9-11-29)22-15-32-25-7-3-18(27)12-21(22)25/h2-8,12,15,19H,9-11,13-14H2,1H3. The Morgan fingerprint density at radius 1 is 1.16 bits per heavy atom. The number of hydrogen-bond acceptors (Lipinski definition) is 5. The fourth-order valence-electron chi connectivity index (χ4n) is 4.63. The highest BCUT2D eigenvalue weighted by atomic mass is 32.1. The van der Waals surface area contributed by atoms with E-state index in [2.05, 4.69) is 27.4 Å². The highest BCUT2D eigenvalue weighted by Crippen LogP contribution is 2.39. The van der Waals surface area contributed by atoms with E-state index in [0.29, 0.717) is 6.61 Å². The van der Waals surface area contributed by atoms with Gasteiger partial charge in [0.15, 0.2) is 11.5 Å². The molecule has 0 amide bonds. The Hall–Kier alpha value is -2.96. The van der Waals surface area contributed by atoms with Crippen molar-refractivity contribution in [1.82, 2.24) is 9.88 Å². The zero-order valence-corrected chi connectivity index (χ0v) is 18.6. The molecule has 0 saturated carbocycles. The second kappa shape index (κ2) is 7.87. The van der Waals surface area contributed by atoms with Crippen molar-refractivity contribution in [3.05, 3.63) is 71.0 Å². The van der Waals surface area contributed by atoms with Crippen LogP contribution in [0.4, 0.5) is 4.39 Å². The van der Waals surface area contributed by atoms with E-state index in [9.17, 15) is 4.39 Å². The van der Waals surface area contributed by atoms with Crippen molar-refractivity contribution in [3.8, 4) is 11.5 Å². The molecule has 32 heavy (non-hydrogen) atoms. The van der Waals surface area contributed by atoms with Crippen LogP contribution in [0.15, 0.2) is 53.9 Å². The van der Waals surface area contributed by atoms with Gasteiger partial charge in [-0.3, -0.25) is 9.88 Å². The summed E-state index contributed by atoms with van der Waals surface area (Å²) in [4.78, 5) is 7.00. The van der Waals surface area contributed by atoms with E-state index >= 15 is 0 Å². The lowest BCUT2D eigenvalue weighted by Crippen LogP contribution is -2.42. The quantitative estimate of drug-likeness (QED) is 0.397.